The first-order chi connectivity index (χ1) is 10.7. The second kappa shape index (κ2) is 4.73. The molecule has 4 rings (SSSR count). The minimum atomic E-state index is -0.413. The number of nitrogens with zero attached hydrogens (tertiary/aromatic N) is 2. The van der Waals surface area contributed by atoms with Gasteiger partial charge in [0.05, 0.1) is 17.5 Å². The van der Waals surface area contributed by atoms with Crippen LogP contribution < -0.4 is 5.63 Å². The van der Waals surface area contributed by atoms with E-state index in [-0.39, 0.29) is 0 Å². The number of benzene rings is 1. The predicted molar refractivity (Wildman–Crippen MR) is 82.0 cm³/mol. The highest BCUT2D eigenvalue weighted by Crippen LogP contribution is 2.28. The molecule has 5 heteroatoms. The second-order valence-corrected chi connectivity index (χ2v) is 4.98. The van der Waals surface area contributed by atoms with E-state index in [1.54, 1.807) is 30.0 Å². The molecule has 0 amide bonds. The van der Waals surface area contributed by atoms with E-state index in [2.05, 4.69) is 5.10 Å². The van der Waals surface area contributed by atoms with Crippen molar-refractivity contribution in [2.75, 3.05) is 0 Å². The smallest absolute Gasteiger partial charge is 0.347 e. The lowest BCUT2D eigenvalue weighted by Crippen LogP contribution is -2.01. The van der Waals surface area contributed by atoms with E-state index in [0.717, 1.165) is 5.69 Å². The number of aryl methyl sites for hydroxylation is 1. The second-order valence-electron chi connectivity index (χ2n) is 4.98. The van der Waals surface area contributed by atoms with Crippen molar-refractivity contribution in [3.05, 3.63) is 71.0 Å². The van der Waals surface area contributed by atoms with Crippen LogP contribution in [0.15, 0.2) is 68.4 Å². The Morgan fingerprint density at radius 3 is 2.64 bits per heavy atom. The van der Waals surface area contributed by atoms with Crippen LogP contribution in [0.3, 0.4) is 0 Å². The highest BCUT2D eigenvalue weighted by atomic mass is 16.4. The van der Waals surface area contributed by atoms with Crippen LogP contribution in [0, 0.1) is 6.92 Å². The zero-order valence-electron chi connectivity index (χ0n) is 11.8. The summed E-state index contributed by atoms with van der Waals surface area (Å²) in [7, 11) is 0. The van der Waals surface area contributed by atoms with Gasteiger partial charge in [-0.2, -0.15) is 5.10 Å². The number of fused-ring (bicyclic) bond motifs is 1. The summed E-state index contributed by atoms with van der Waals surface area (Å²) in [5.41, 5.74) is 1.64. The van der Waals surface area contributed by atoms with E-state index in [0.29, 0.717) is 28.1 Å². The van der Waals surface area contributed by atoms with Crippen molar-refractivity contribution in [2.45, 2.75) is 6.92 Å². The fourth-order valence-electron chi connectivity index (χ4n) is 2.54. The van der Waals surface area contributed by atoms with E-state index >= 15 is 0 Å². The molecule has 0 saturated carbocycles. The van der Waals surface area contributed by atoms with Gasteiger partial charge < -0.3 is 8.83 Å². The predicted octanol–water partition coefficient (Wildman–Crippen LogP) is 3.55. The van der Waals surface area contributed by atoms with E-state index in [9.17, 15) is 4.79 Å². The van der Waals surface area contributed by atoms with E-state index in [1.165, 1.54) is 0 Å². The molecule has 0 unspecified atom stereocenters. The monoisotopic (exact) mass is 292 g/mol. The SMILES string of the molecule is Cc1cc2c(c(-c3ccco3)nn2-c2ccccc2)c(=O)o1. The molecular formula is C17H12N2O3. The Balaban J connectivity index is 2.13. The third-order valence-electron chi connectivity index (χ3n) is 3.47. The van der Waals surface area contributed by atoms with Gasteiger partial charge in [-0.25, -0.2) is 9.48 Å². The Morgan fingerprint density at radius 1 is 1.09 bits per heavy atom. The maximum absolute atomic E-state index is 12.3. The third-order valence-corrected chi connectivity index (χ3v) is 3.47. The zero-order valence-corrected chi connectivity index (χ0v) is 11.8. The van der Waals surface area contributed by atoms with Crippen LogP contribution in [0.5, 0.6) is 0 Å². The number of rotatable bonds is 2. The summed E-state index contributed by atoms with van der Waals surface area (Å²) < 4.78 is 12.4. The fourth-order valence-corrected chi connectivity index (χ4v) is 2.54. The largest absolute Gasteiger partial charge is 0.463 e. The maximum Gasteiger partial charge on any atom is 0.347 e. The first kappa shape index (κ1) is 12.6. The molecule has 0 atom stereocenters. The van der Waals surface area contributed by atoms with E-state index in [1.807, 2.05) is 36.4 Å². The Hall–Kier alpha value is -3.08. The van der Waals surface area contributed by atoms with E-state index < -0.39 is 5.63 Å². The minimum absolute atomic E-state index is 0.413. The number of aromatic nitrogens is 2. The highest BCUT2D eigenvalue weighted by molar-refractivity contribution is 5.92. The van der Waals surface area contributed by atoms with Crippen molar-refractivity contribution in [1.82, 2.24) is 9.78 Å². The van der Waals surface area contributed by atoms with Crippen molar-refractivity contribution >= 4 is 10.9 Å². The number of hydrogen-bond acceptors (Lipinski definition) is 4. The van der Waals surface area contributed by atoms with Gasteiger partial charge in [0.25, 0.3) is 0 Å². The molecule has 0 aliphatic carbocycles. The maximum atomic E-state index is 12.3. The van der Waals surface area contributed by atoms with Crippen LogP contribution in [0.1, 0.15) is 5.76 Å². The number of furan rings is 1. The molecule has 1 aromatic carbocycles. The molecule has 3 aromatic heterocycles. The average Bonchev–Trinajstić information content (AvgIpc) is 3.15. The molecule has 0 aliphatic rings. The lowest BCUT2D eigenvalue weighted by molar-refractivity contribution is 0.488. The van der Waals surface area contributed by atoms with Gasteiger partial charge in [0.2, 0.25) is 0 Å². The lowest BCUT2D eigenvalue weighted by atomic mass is 10.2. The summed E-state index contributed by atoms with van der Waals surface area (Å²) >= 11 is 0. The molecule has 0 spiro atoms. The molecule has 4 aromatic rings. The molecular weight excluding hydrogens is 280 g/mol. The van der Waals surface area contributed by atoms with Crippen LogP contribution in [0.25, 0.3) is 28.0 Å². The van der Waals surface area contributed by atoms with Crippen molar-refractivity contribution in [3.8, 4) is 17.1 Å². The Bertz CT molecular complexity index is 996. The van der Waals surface area contributed by atoms with Gasteiger partial charge in [-0.15, -0.1) is 0 Å². The summed E-state index contributed by atoms with van der Waals surface area (Å²) in [4.78, 5) is 12.3. The van der Waals surface area contributed by atoms with Gasteiger partial charge >= 0.3 is 5.63 Å². The minimum Gasteiger partial charge on any atom is -0.463 e. The molecule has 5 nitrogen and oxygen atoms in total. The van der Waals surface area contributed by atoms with Crippen molar-refractivity contribution in [3.63, 3.8) is 0 Å². The van der Waals surface area contributed by atoms with Crippen LogP contribution >= 0.6 is 0 Å². The van der Waals surface area contributed by atoms with Gasteiger partial charge in [0, 0.05) is 6.07 Å². The molecule has 3 heterocycles. The Kier molecular flexibility index (Phi) is 2.72. The first-order valence-electron chi connectivity index (χ1n) is 6.87. The molecule has 22 heavy (non-hydrogen) atoms. The molecule has 0 N–H and O–H groups in total. The molecule has 0 radical (unpaired) electrons. The average molecular weight is 292 g/mol. The summed E-state index contributed by atoms with van der Waals surface area (Å²) in [6, 6.07) is 15.0. The summed E-state index contributed by atoms with van der Waals surface area (Å²) in [6.07, 6.45) is 1.55. The van der Waals surface area contributed by atoms with Crippen LogP contribution in [-0.2, 0) is 0 Å². The molecule has 0 bridgehead atoms. The molecule has 0 aliphatic heterocycles. The fraction of sp³-hybridized carbons (Fsp3) is 0.0588. The van der Waals surface area contributed by atoms with E-state index in [4.69, 9.17) is 8.83 Å². The molecule has 0 saturated heterocycles. The van der Waals surface area contributed by atoms with Gasteiger partial charge in [0.1, 0.15) is 16.8 Å². The molecule has 0 fully saturated rings. The normalized spacial score (nSPS) is 11.1. The summed E-state index contributed by atoms with van der Waals surface area (Å²) in [5, 5.41) is 4.99. The summed E-state index contributed by atoms with van der Waals surface area (Å²) in [5.74, 6) is 1.08. The van der Waals surface area contributed by atoms with Crippen molar-refractivity contribution in [2.24, 2.45) is 0 Å². The van der Waals surface area contributed by atoms with Gasteiger partial charge in [0.15, 0.2) is 5.76 Å². The molecule has 108 valence electrons. The topological polar surface area (TPSA) is 61.2 Å². The highest BCUT2D eigenvalue weighted by Gasteiger charge is 2.19. The van der Waals surface area contributed by atoms with Gasteiger partial charge in [-0.3, -0.25) is 0 Å². The number of hydrogen-bond donors (Lipinski definition) is 0. The van der Waals surface area contributed by atoms with Gasteiger partial charge in [-0.1, -0.05) is 18.2 Å². The standard InChI is InChI=1S/C17H12N2O3/c1-11-10-13-15(17(20)22-11)16(14-8-5-9-21-14)18-19(13)12-6-3-2-4-7-12/h2-10H,1H3. The Morgan fingerprint density at radius 2 is 1.91 bits per heavy atom. The quantitative estimate of drug-likeness (QED) is 0.567. The van der Waals surface area contributed by atoms with Crippen LogP contribution in [-0.4, -0.2) is 9.78 Å². The van der Waals surface area contributed by atoms with Crippen molar-refractivity contribution in [1.29, 1.82) is 0 Å². The third kappa shape index (κ3) is 1.87. The summed E-state index contributed by atoms with van der Waals surface area (Å²) in [6.45, 7) is 1.75. The van der Waals surface area contributed by atoms with Crippen LogP contribution in [0.4, 0.5) is 0 Å². The number of para-hydroxylation sites is 1. The van der Waals surface area contributed by atoms with Gasteiger partial charge in [-0.05, 0) is 31.2 Å². The first-order valence-corrected chi connectivity index (χ1v) is 6.87. The Labute approximate surface area is 125 Å². The van der Waals surface area contributed by atoms with Crippen molar-refractivity contribution < 1.29 is 8.83 Å². The zero-order chi connectivity index (χ0) is 15.1. The lowest BCUT2D eigenvalue weighted by Gasteiger charge is -2.02. The van der Waals surface area contributed by atoms with Crippen LogP contribution in [0.2, 0.25) is 0 Å².